The Morgan fingerprint density at radius 2 is 1.00 bits per heavy atom. The minimum Gasteiger partial charge on any atom is -0.310 e. The summed E-state index contributed by atoms with van der Waals surface area (Å²) in [6, 6.07) is 36.9. The molecule has 0 fully saturated rings. The zero-order chi connectivity index (χ0) is 21.8. The van der Waals surface area contributed by atoms with Crippen LogP contribution in [0.15, 0.2) is 116 Å². The molecule has 156 valence electrons. The zero-order valence-corrected chi connectivity index (χ0v) is 18.0. The molecule has 1 spiro atoms. The molecular weight excluding hydrogens is 402 g/mol. The van der Waals surface area contributed by atoms with Crippen molar-refractivity contribution >= 4 is 17.1 Å². The lowest BCUT2D eigenvalue weighted by Crippen LogP contribution is -2.41. The molecule has 3 heterocycles. The van der Waals surface area contributed by atoms with E-state index in [1.807, 2.05) is 12.4 Å². The second-order valence-electron chi connectivity index (χ2n) is 8.63. The van der Waals surface area contributed by atoms with Crippen LogP contribution < -0.4 is 4.90 Å². The van der Waals surface area contributed by atoms with Crippen LogP contribution in [0.2, 0.25) is 0 Å². The Hall–Kier alpha value is -4.24. The SMILES string of the molecule is c1ccc(N2c3ccccc3C3(c4ccccc42)c2cccnc2Cc2ncccc23)cc1. The van der Waals surface area contributed by atoms with Crippen molar-refractivity contribution in [3.63, 3.8) is 0 Å². The Morgan fingerprint density at radius 3 is 1.58 bits per heavy atom. The van der Waals surface area contributed by atoms with Crippen LogP contribution in [0.1, 0.15) is 33.6 Å². The van der Waals surface area contributed by atoms with E-state index < -0.39 is 5.41 Å². The van der Waals surface area contributed by atoms with E-state index in [1.54, 1.807) is 0 Å². The van der Waals surface area contributed by atoms with Crippen molar-refractivity contribution in [1.29, 1.82) is 0 Å². The molecular formula is C30H21N3. The fourth-order valence-corrected chi connectivity index (χ4v) is 5.83. The standard InChI is InChI=1S/C30H21N3/c1-2-10-21(11-3-1)33-28-16-6-4-12-24(28)30(25-13-5-7-17-29(25)33)22-14-8-18-31-26(22)20-27-23(30)15-9-19-32-27/h1-19H,20H2. The number of hydrogen-bond donors (Lipinski definition) is 0. The summed E-state index contributed by atoms with van der Waals surface area (Å²) in [5.41, 5.74) is 10.3. The molecule has 2 aliphatic rings. The summed E-state index contributed by atoms with van der Waals surface area (Å²) in [6.07, 6.45) is 4.55. The highest BCUT2D eigenvalue weighted by atomic mass is 15.2. The van der Waals surface area contributed by atoms with E-state index in [-0.39, 0.29) is 0 Å². The van der Waals surface area contributed by atoms with Crippen molar-refractivity contribution in [3.8, 4) is 0 Å². The van der Waals surface area contributed by atoms with Crippen molar-refractivity contribution in [2.75, 3.05) is 4.90 Å². The first kappa shape index (κ1) is 18.3. The Bertz CT molecular complexity index is 1410. The van der Waals surface area contributed by atoms with Gasteiger partial charge in [0.2, 0.25) is 0 Å². The van der Waals surface area contributed by atoms with Gasteiger partial charge in [-0.1, -0.05) is 66.7 Å². The third-order valence-electron chi connectivity index (χ3n) is 7.04. The first-order valence-corrected chi connectivity index (χ1v) is 11.3. The fourth-order valence-electron chi connectivity index (χ4n) is 5.83. The molecule has 0 saturated heterocycles. The lowest BCUT2D eigenvalue weighted by molar-refractivity contribution is 0.671. The van der Waals surface area contributed by atoms with Gasteiger partial charge in [-0.05, 0) is 58.7 Å². The van der Waals surface area contributed by atoms with Gasteiger partial charge in [-0.2, -0.15) is 0 Å². The van der Waals surface area contributed by atoms with Crippen LogP contribution in [-0.2, 0) is 11.8 Å². The van der Waals surface area contributed by atoms with Crippen LogP contribution in [-0.4, -0.2) is 9.97 Å². The van der Waals surface area contributed by atoms with E-state index in [0.717, 1.165) is 23.5 Å². The Balaban J connectivity index is 1.67. The number of nitrogens with zero attached hydrogens (tertiary/aromatic N) is 3. The minimum atomic E-state index is -0.468. The number of aromatic nitrogens is 2. The number of hydrogen-bond acceptors (Lipinski definition) is 3. The molecule has 3 nitrogen and oxygen atoms in total. The lowest BCUT2D eigenvalue weighted by atomic mass is 9.59. The van der Waals surface area contributed by atoms with Crippen LogP contribution >= 0.6 is 0 Å². The molecule has 5 aromatic rings. The van der Waals surface area contributed by atoms with Gasteiger partial charge in [-0.3, -0.25) is 9.97 Å². The van der Waals surface area contributed by atoms with Crippen LogP contribution in [0.5, 0.6) is 0 Å². The Kier molecular flexibility index (Phi) is 3.82. The quantitative estimate of drug-likeness (QED) is 0.300. The van der Waals surface area contributed by atoms with Gasteiger partial charge < -0.3 is 4.90 Å². The third kappa shape index (κ3) is 2.39. The van der Waals surface area contributed by atoms with Gasteiger partial charge in [0, 0.05) is 24.5 Å². The van der Waals surface area contributed by atoms with E-state index in [0.29, 0.717) is 0 Å². The number of anilines is 3. The monoisotopic (exact) mass is 423 g/mol. The average Bonchev–Trinajstić information content (AvgIpc) is 2.89. The second-order valence-corrected chi connectivity index (χ2v) is 8.63. The first-order chi connectivity index (χ1) is 16.4. The first-order valence-electron chi connectivity index (χ1n) is 11.3. The largest absolute Gasteiger partial charge is 0.310 e. The molecule has 3 aromatic carbocycles. The lowest BCUT2D eigenvalue weighted by Gasteiger charge is -2.48. The molecule has 1 aliphatic carbocycles. The van der Waals surface area contributed by atoms with E-state index in [1.165, 1.54) is 33.6 Å². The molecule has 0 saturated carbocycles. The van der Waals surface area contributed by atoms with Crippen LogP contribution in [0.25, 0.3) is 0 Å². The molecule has 0 bridgehead atoms. The molecule has 1 aliphatic heterocycles. The summed E-state index contributed by atoms with van der Waals surface area (Å²) in [5.74, 6) is 0. The summed E-state index contributed by atoms with van der Waals surface area (Å²) in [6.45, 7) is 0. The predicted molar refractivity (Wildman–Crippen MR) is 131 cm³/mol. The molecule has 33 heavy (non-hydrogen) atoms. The van der Waals surface area contributed by atoms with E-state index in [2.05, 4.69) is 108 Å². The number of benzene rings is 3. The number of para-hydroxylation sites is 3. The molecule has 7 rings (SSSR count). The van der Waals surface area contributed by atoms with Gasteiger partial charge in [0.1, 0.15) is 0 Å². The van der Waals surface area contributed by atoms with Gasteiger partial charge in [-0.15, -0.1) is 0 Å². The third-order valence-corrected chi connectivity index (χ3v) is 7.04. The van der Waals surface area contributed by atoms with Crippen molar-refractivity contribution in [1.82, 2.24) is 9.97 Å². The molecule has 0 atom stereocenters. The zero-order valence-electron chi connectivity index (χ0n) is 18.0. The predicted octanol–water partition coefficient (Wildman–Crippen LogP) is 6.55. The van der Waals surface area contributed by atoms with E-state index in [4.69, 9.17) is 9.97 Å². The summed E-state index contributed by atoms with van der Waals surface area (Å²) in [5, 5.41) is 0. The average molecular weight is 424 g/mol. The van der Waals surface area contributed by atoms with Gasteiger partial charge in [0.25, 0.3) is 0 Å². The summed E-state index contributed by atoms with van der Waals surface area (Å²) in [4.78, 5) is 12.1. The Labute approximate surface area is 193 Å². The highest BCUT2D eigenvalue weighted by Crippen LogP contribution is 2.59. The summed E-state index contributed by atoms with van der Waals surface area (Å²) < 4.78 is 0. The summed E-state index contributed by atoms with van der Waals surface area (Å²) in [7, 11) is 0. The van der Waals surface area contributed by atoms with Crippen molar-refractivity contribution in [3.05, 3.63) is 149 Å². The normalized spacial score (nSPS) is 14.7. The van der Waals surface area contributed by atoms with Crippen LogP contribution in [0, 0.1) is 0 Å². The van der Waals surface area contributed by atoms with Crippen LogP contribution in [0.3, 0.4) is 0 Å². The second kappa shape index (κ2) is 6.88. The molecule has 0 amide bonds. The Morgan fingerprint density at radius 1 is 0.515 bits per heavy atom. The molecule has 0 unspecified atom stereocenters. The molecule has 0 radical (unpaired) electrons. The highest BCUT2D eigenvalue weighted by Gasteiger charge is 2.50. The van der Waals surface area contributed by atoms with Crippen LogP contribution in [0.4, 0.5) is 17.1 Å². The van der Waals surface area contributed by atoms with Gasteiger partial charge in [0.05, 0.1) is 28.2 Å². The number of fused-ring (bicyclic) bond motifs is 8. The maximum Gasteiger partial charge on any atom is 0.0777 e. The van der Waals surface area contributed by atoms with E-state index >= 15 is 0 Å². The van der Waals surface area contributed by atoms with Crippen molar-refractivity contribution in [2.45, 2.75) is 11.8 Å². The van der Waals surface area contributed by atoms with E-state index in [9.17, 15) is 0 Å². The smallest absolute Gasteiger partial charge is 0.0777 e. The molecule has 0 N–H and O–H groups in total. The topological polar surface area (TPSA) is 29.0 Å². The minimum absolute atomic E-state index is 0.468. The number of pyridine rings is 2. The maximum atomic E-state index is 4.84. The van der Waals surface area contributed by atoms with Gasteiger partial charge in [0.15, 0.2) is 0 Å². The summed E-state index contributed by atoms with van der Waals surface area (Å²) >= 11 is 0. The van der Waals surface area contributed by atoms with Crippen molar-refractivity contribution < 1.29 is 0 Å². The highest BCUT2D eigenvalue weighted by molar-refractivity contribution is 5.89. The maximum absolute atomic E-state index is 4.84. The number of rotatable bonds is 1. The van der Waals surface area contributed by atoms with Gasteiger partial charge in [-0.25, -0.2) is 0 Å². The molecule has 3 heteroatoms. The molecule has 2 aromatic heterocycles. The van der Waals surface area contributed by atoms with Crippen molar-refractivity contribution in [2.24, 2.45) is 0 Å². The van der Waals surface area contributed by atoms with Gasteiger partial charge >= 0.3 is 0 Å². The fraction of sp³-hybridized carbons (Fsp3) is 0.0667.